The lowest BCUT2D eigenvalue weighted by atomic mass is 9.94. The third kappa shape index (κ3) is 2.93. The zero-order valence-corrected chi connectivity index (χ0v) is 10.6. The summed E-state index contributed by atoms with van der Waals surface area (Å²) in [6.07, 6.45) is 0.570. The molecule has 0 spiro atoms. The first-order valence-corrected chi connectivity index (χ1v) is 6.93. The number of carbonyl (C=O) groups excluding carboxylic acids is 1. The van der Waals surface area contributed by atoms with Crippen molar-refractivity contribution in [3.63, 3.8) is 0 Å². The second-order valence-electron chi connectivity index (χ2n) is 5.22. The van der Waals surface area contributed by atoms with Crippen LogP contribution in [0.1, 0.15) is 27.2 Å². The second kappa shape index (κ2) is 3.77. The molecule has 0 bridgehead atoms. The molecular formula is C10H19NO3S. The normalized spacial score (nSPS) is 25.2. The number of sulfone groups is 1. The summed E-state index contributed by atoms with van der Waals surface area (Å²) in [7, 11) is -1.22. The van der Waals surface area contributed by atoms with Crippen LogP contribution < -0.4 is 0 Å². The summed E-state index contributed by atoms with van der Waals surface area (Å²) in [5.74, 6) is 0.328. The van der Waals surface area contributed by atoms with Crippen molar-refractivity contribution in [2.45, 2.75) is 33.2 Å². The fraction of sp³-hybridized carbons (Fsp3) is 0.900. The van der Waals surface area contributed by atoms with Crippen molar-refractivity contribution in [1.82, 2.24) is 4.90 Å². The van der Waals surface area contributed by atoms with Gasteiger partial charge in [0.1, 0.15) is 0 Å². The Morgan fingerprint density at radius 3 is 2.20 bits per heavy atom. The fourth-order valence-electron chi connectivity index (χ4n) is 1.78. The van der Waals surface area contributed by atoms with Crippen LogP contribution >= 0.6 is 0 Å². The van der Waals surface area contributed by atoms with Gasteiger partial charge in [-0.2, -0.15) is 0 Å². The van der Waals surface area contributed by atoms with Crippen LogP contribution in [0, 0.1) is 5.41 Å². The number of hydrogen-bond acceptors (Lipinski definition) is 3. The SMILES string of the molecule is CN(C(=O)C(C)(C)C)C1CCS(=O)(=O)C1. The molecule has 88 valence electrons. The van der Waals surface area contributed by atoms with Crippen LogP contribution in [0.4, 0.5) is 0 Å². The average Bonchev–Trinajstić information content (AvgIpc) is 2.42. The van der Waals surface area contributed by atoms with Gasteiger partial charge < -0.3 is 4.90 Å². The van der Waals surface area contributed by atoms with Crippen molar-refractivity contribution in [3.05, 3.63) is 0 Å². The van der Waals surface area contributed by atoms with E-state index in [1.165, 1.54) is 0 Å². The molecular weight excluding hydrogens is 214 g/mol. The minimum atomic E-state index is -2.91. The summed E-state index contributed by atoms with van der Waals surface area (Å²) in [4.78, 5) is 13.5. The zero-order valence-electron chi connectivity index (χ0n) is 9.78. The predicted octanol–water partition coefficient (Wildman–Crippen LogP) is 0.678. The third-order valence-corrected chi connectivity index (χ3v) is 4.47. The van der Waals surface area contributed by atoms with Gasteiger partial charge in [0.05, 0.1) is 11.5 Å². The molecule has 1 unspecified atom stereocenters. The molecule has 15 heavy (non-hydrogen) atoms. The van der Waals surface area contributed by atoms with E-state index in [-0.39, 0.29) is 23.5 Å². The molecule has 4 nitrogen and oxygen atoms in total. The summed E-state index contributed by atoms with van der Waals surface area (Å²) in [5.41, 5.74) is -0.443. The minimum Gasteiger partial charge on any atom is -0.341 e. The minimum absolute atomic E-state index is 0.00426. The van der Waals surface area contributed by atoms with Gasteiger partial charge in [0.2, 0.25) is 5.91 Å². The van der Waals surface area contributed by atoms with E-state index in [9.17, 15) is 13.2 Å². The lowest BCUT2D eigenvalue weighted by Gasteiger charge is -2.30. The summed E-state index contributed by atoms with van der Waals surface area (Å²) in [6, 6.07) is -0.137. The topological polar surface area (TPSA) is 54.5 Å². The van der Waals surface area contributed by atoms with E-state index >= 15 is 0 Å². The molecule has 1 fully saturated rings. The zero-order chi connectivity index (χ0) is 11.9. The van der Waals surface area contributed by atoms with Crippen LogP contribution in [-0.4, -0.2) is 43.8 Å². The molecule has 1 rings (SSSR count). The van der Waals surface area contributed by atoms with Crippen molar-refractivity contribution in [3.8, 4) is 0 Å². The monoisotopic (exact) mass is 233 g/mol. The Balaban J connectivity index is 2.72. The van der Waals surface area contributed by atoms with Crippen LogP contribution in [-0.2, 0) is 14.6 Å². The molecule has 1 saturated heterocycles. The Labute approximate surface area is 91.6 Å². The lowest BCUT2D eigenvalue weighted by Crippen LogP contribution is -2.43. The first kappa shape index (κ1) is 12.5. The molecule has 0 aromatic heterocycles. The molecule has 1 heterocycles. The number of amides is 1. The second-order valence-corrected chi connectivity index (χ2v) is 7.45. The van der Waals surface area contributed by atoms with Crippen molar-refractivity contribution in [2.75, 3.05) is 18.6 Å². The summed E-state index contributed by atoms with van der Waals surface area (Å²) in [5, 5.41) is 0. The summed E-state index contributed by atoms with van der Waals surface area (Å²) >= 11 is 0. The van der Waals surface area contributed by atoms with Crippen LogP contribution in [0.3, 0.4) is 0 Å². The average molecular weight is 233 g/mol. The third-order valence-electron chi connectivity index (χ3n) is 2.72. The summed E-state index contributed by atoms with van der Waals surface area (Å²) < 4.78 is 22.6. The van der Waals surface area contributed by atoms with Gasteiger partial charge in [0.15, 0.2) is 9.84 Å². The fourth-order valence-corrected chi connectivity index (χ4v) is 3.55. The number of hydrogen-bond donors (Lipinski definition) is 0. The highest BCUT2D eigenvalue weighted by Crippen LogP contribution is 2.22. The molecule has 0 saturated carbocycles. The van der Waals surface area contributed by atoms with E-state index in [4.69, 9.17) is 0 Å². The van der Waals surface area contributed by atoms with E-state index in [0.29, 0.717) is 6.42 Å². The maximum atomic E-state index is 11.9. The maximum absolute atomic E-state index is 11.9. The highest BCUT2D eigenvalue weighted by atomic mass is 32.2. The van der Waals surface area contributed by atoms with Crippen molar-refractivity contribution >= 4 is 15.7 Å². The number of carbonyl (C=O) groups is 1. The molecule has 0 aromatic rings. The molecule has 1 aliphatic rings. The first-order valence-electron chi connectivity index (χ1n) is 5.11. The molecule has 0 radical (unpaired) electrons. The molecule has 1 amide bonds. The van der Waals surface area contributed by atoms with E-state index in [0.717, 1.165) is 0 Å². The highest BCUT2D eigenvalue weighted by Gasteiger charge is 2.35. The van der Waals surface area contributed by atoms with Gasteiger partial charge in [-0.25, -0.2) is 8.42 Å². The van der Waals surface area contributed by atoms with Gasteiger partial charge in [0.25, 0.3) is 0 Å². The van der Waals surface area contributed by atoms with Crippen molar-refractivity contribution < 1.29 is 13.2 Å². The summed E-state index contributed by atoms with van der Waals surface area (Å²) in [6.45, 7) is 5.53. The molecule has 0 aliphatic carbocycles. The molecule has 5 heteroatoms. The van der Waals surface area contributed by atoms with Gasteiger partial charge in [-0.05, 0) is 6.42 Å². The quantitative estimate of drug-likeness (QED) is 0.669. The van der Waals surface area contributed by atoms with E-state index in [1.54, 1.807) is 11.9 Å². The number of rotatable bonds is 1. The maximum Gasteiger partial charge on any atom is 0.227 e. The van der Waals surface area contributed by atoms with E-state index in [1.807, 2.05) is 20.8 Å². The van der Waals surface area contributed by atoms with Crippen molar-refractivity contribution in [2.24, 2.45) is 5.41 Å². The van der Waals surface area contributed by atoms with Crippen molar-refractivity contribution in [1.29, 1.82) is 0 Å². The van der Waals surface area contributed by atoms with Gasteiger partial charge in [-0.1, -0.05) is 20.8 Å². The first-order chi connectivity index (χ1) is 6.63. The van der Waals surface area contributed by atoms with Crippen LogP contribution in [0.2, 0.25) is 0 Å². The Morgan fingerprint density at radius 1 is 1.33 bits per heavy atom. The van der Waals surface area contributed by atoms with Gasteiger partial charge >= 0.3 is 0 Å². The van der Waals surface area contributed by atoms with Gasteiger partial charge in [-0.3, -0.25) is 4.79 Å². The van der Waals surface area contributed by atoms with Gasteiger partial charge in [-0.15, -0.1) is 0 Å². The standard InChI is InChI=1S/C10H19NO3S/c1-10(2,3)9(12)11(4)8-5-6-15(13,14)7-8/h8H,5-7H2,1-4H3. The van der Waals surface area contributed by atoms with Crippen LogP contribution in [0.15, 0.2) is 0 Å². The molecule has 0 aromatic carbocycles. The smallest absolute Gasteiger partial charge is 0.227 e. The largest absolute Gasteiger partial charge is 0.341 e. The van der Waals surface area contributed by atoms with Crippen LogP contribution in [0.25, 0.3) is 0 Å². The predicted molar refractivity (Wildman–Crippen MR) is 59.3 cm³/mol. The Bertz CT molecular complexity index is 353. The molecule has 1 aliphatic heterocycles. The van der Waals surface area contributed by atoms with Crippen LogP contribution in [0.5, 0.6) is 0 Å². The Kier molecular flexibility index (Phi) is 3.14. The Hall–Kier alpha value is -0.580. The lowest BCUT2D eigenvalue weighted by molar-refractivity contribution is -0.139. The number of nitrogens with zero attached hydrogens (tertiary/aromatic N) is 1. The Morgan fingerprint density at radius 2 is 1.87 bits per heavy atom. The van der Waals surface area contributed by atoms with Gasteiger partial charge in [0, 0.05) is 18.5 Å². The molecule has 1 atom stereocenters. The van der Waals surface area contributed by atoms with E-state index in [2.05, 4.69) is 0 Å². The highest BCUT2D eigenvalue weighted by molar-refractivity contribution is 7.91. The van der Waals surface area contributed by atoms with E-state index < -0.39 is 15.3 Å². The molecule has 0 N–H and O–H groups in total.